The summed E-state index contributed by atoms with van der Waals surface area (Å²) in [5, 5.41) is 6.71. The highest BCUT2D eigenvalue weighted by Gasteiger charge is 2.10. The molecule has 3 aromatic rings. The highest BCUT2D eigenvalue weighted by atomic mass is 35.5. The molecule has 3 rings (SSSR count). The van der Waals surface area contributed by atoms with Crippen molar-refractivity contribution in [2.45, 2.75) is 13.2 Å². The van der Waals surface area contributed by atoms with Crippen LogP contribution >= 0.6 is 11.6 Å². The van der Waals surface area contributed by atoms with Crippen molar-refractivity contribution in [3.05, 3.63) is 76.8 Å². The predicted octanol–water partition coefficient (Wildman–Crippen LogP) is 4.72. The second-order valence-electron chi connectivity index (χ2n) is 6.62. The van der Waals surface area contributed by atoms with E-state index < -0.39 is 0 Å². The van der Waals surface area contributed by atoms with E-state index in [9.17, 15) is 0 Å². The van der Waals surface area contributed by atoms with E-state index in [0.29, 0.717) is 6.61 Å². The van der Waals surface area contributed by atoms with E-state index in [-0.39, 0.29) is 0 Å². The molecule has 0 aromatic heterocycles. The van der Waals surface area contributed by atoms with Crippen LogP contribution in [0.3, 0.4) is 0 Å². The number of ether oxygens (including phenoxy) is 1. The van der Waals surface area contributed by atoms with Gasteiger partial charge in [-0.1, -0.05) is 60.1 Å². The number of benzene rings is 3. The Kier molecular flexibility index (Phi) is 6.51. The quantitative estimate of drug-likeness (QED) is 0.582. The third-order valence-electron chi connectivity index (χ3n) is 4.38. The third-order valence-corrected chi connectivity index (χ3v) is 4.74. The van der Waals surface area contributed by atoms with Gasteiger partial charge in [0.15, 0.2) is 0 Å². The van der Waals surface area contributed by atoms with Crippen LogP contribution in [0.5, 0.6) is 5.75 Å². The molecule has 1 N–H and O–H groups in total. The molecular formula is C22H25ClN2O. The van der Waals surface area contributed by atoms with Crippen LogP contribution in [-0.4, -0.2) is 32.1 Å². The SMILES string of the molecule is CN(C)CCNCc1c(OCc2ccccc2Cl)ccc2ccccc12. The summed E-state index contributed by atoms with van der Waals surface area (Å²) < 4.78 is 6.16. The molecule has 0 spiro atoms. The summed E-state index contributed by atoms with van der Waals surface area (Å²) in [7, 11) is 4.16. The van der Waals surface area contributed by atoms with Crippen LogP contribution in [0.15, 0.2) is 60.7 Å². The van der Waals surface area contributed by atoms with Gasteiger partial charge in [0.1, 0.15) is 12.4 Å². The summed E-state index contributed by atoms with van der Waals surface area (Å²) in [5.74, 6) is 0.904. The van der Waals surface area contributed by atoms with Gasteiger partial charge in [-0.3, -0.25) is 0 Å². The van der Waals surface area contributed by atoms with Crippen molar-refractivity contribution >= 4 is 22.4 Å². The summed E-state index contributed by atoms with van der Waals surface area (Å²) in [5.41, 5.74) is 2.18. The van der Waals surface area contributed by atoms with Gasteiger partial charge in [-0.05, 0) is 37.0 Å². The maximum absolute atomic E-state index is 6.26. The molecule has 0 saturated heterocycles. The van der Waals surface area contributed by atoms with Crippen molar-refractivity contribution < 1.29 is 4.74 Å². The van der Waals surface area contributed by atoms with Crippen LogP contribution in [0.2, 0.25) is 5.02 Å². The van der Waals surface area contributed by atoms with E-state index in [1.807, 2.05) is 24.3 Å². The second kappa shape index (κ2) is 9.04. The number of nitrogens with zero attached hydrogens (tertiary/aromatic N) is 1. The highest BCUT2D eigenvalue weighted by molar-refractivity contribution is 6.31. The Morgan fingerprint density at radius 2 is 1.73 bits per heavy atom. The normalized spacial score (nSPS) is 11.2. The molecule has 3 aromatic carbocycles. The Morgan fingerprint density at radius 1 is 0.962 bits per heavy atom. The van der Waals surface area contributed by atoms with Crippen LogP contribution in [-0.2, 0) is 13.2 Å². The molecule has 0 aliphatic carbocycles. The van der Waals surface area contributed by atoms with Gasteiger partial charge < -0.3 is 15.0 Å². The molecule has 26 heavy (non-hydrogen) atoms. The number of nitrogens with one attached hydrogen (secondary N) is 1. The summed E-state index contributed by atoms with van der Waals surface area (Å²) in [6, 6.07) is 20.4. The molecule has 0 amide bonds. The lowest BCUT2D eigenvalue weighted by molar-refractivity contribution is 0.302. The van der Waals surface area contributed by atoms with E-state index in [4.69, 9.17) is 16.3 Å². The molecule has 0 aliphatic rings. The predicted molar refractivity (Wildman–Crippen MR) is 110 cm³/mol. The number of halogens is 1. The summed E-state index contributed by atoms with van der Waals surface area (Å²) in [6.07, 6.45) is 0. The van der Waals surface area contributed by atoms with Crippen molar-refractivity contribution in [3.8, 4) is 5.75 Å². The molecular weight excluding hydrogens is 344 g/mol. The first-order valence-corrected chi connectivity index (χ1v) is 9.25. The summed E-state index contributed by atoms with van der Waals surface area (Å²) in [6.45, 7) is 3.16. The number of fused-ring (bicyclic) bond motifs is 1. The van der Waals surface area contributed by atoms with Crippen molar-refractivity contribution in [2.24, 2.45) is 0 Å². The van der Waals surface area contributed by atoms with Gasteiger partial charge in [-0.2, -0.15) is 0 Å². The molecule has 4 heteroatoms. The van der Waals surface area contributed by atoms with E-state index in [0.717, 1.165) is 36.0 Å². The van der Waals surface area contributed by atoms with Crippen LogP contribution in [0.25, 0.3) is 10.8 Å². The fourth-order valence-electron chi connectivity index (χ4n) is 2.92. The topological polar surface area (TPSA) is 24.5 Å². The highest BCUT2D eigenvalue weighted by Crippen LogP contribution is 2.29. The zero-order valence-electron chi connectivity index (χ0n) is 15.3. The number of hydrogen-bond acceptors (Lipinski definition) is 3. The van der Waals surface area contributed by atoms with Crippen molar-refractivity contribution in [1.29, 1.82) is 0 Å². The average molecular weight is 369 g/mol. The minimum atomic E-state index is 0.461. The molecule has 3 nitrogen and oxygen atoms in total. The number of rotatable bonds is 8. The second-order valence-corrected chi connectivity index (χ2v) is 7.03. The Labute approximate surface area is 160 Å². The molecule has 0 bridgehead atoms. The molecule has 0 saturated carbocycles. The number of hydrogen-bond donors (Lipinski definition) is 1. The van der Waals surface area contributed by atoms with Crippen molar-refractivity contribution in [1.82, 2.24) is 10.2 Å². The largest absolute Gasteiger partial charge is 0.488 e. The lowest BCUT2D eigenvalue weighted by Gasteiger charge is -2.16. The van der Waals surface area contributed by atoms with Crippen molar-refractivity contribution in [3.63, 3.8) is 0 Å². The lowest BCUT2D eigenvalue weighted by atomic mass is 10.0. The molecule has 0 radical (unpaired) electrons. The lowest BCUT2D eigenvalue weighted by Crippen LogP contribution is -2.26. The fourth-order valence-corrected chi connectivity index (χ4v) is 3.11. The van der Waals surface area contributed by atoms with E-state index in [2.05, 4.69) is 60.7 Å². The Hall–Kier alpha value is -2.07. The van der Waals surface area contributed by atoms with Gasteiger partial charge in [0, 0.05) is 35.8 Å². The zero-order valence-corrected chi connectivity index (χ0v) is 16.1. The fraction of sp³-hybridized carbons (Fsp3) is 0.273. The molecule has 0 aliphatic heterocycles. The van der Waals surface area contributed by atoms with Crippen LogP contribution < -0.4 is 10.1 Å². The minimum Gasteiger partial charge on any atom is -0.488 e. The van der Waals surface area contributed by atoms with Gasteiger partial charge in [0.05, 0.1) is 0 Å². The molecule has 0 fully saturated rings. The van der Waals surface area contributed by atoms with Gasteiger partial charge in [0.2, 0.25) is 0 Å². The maximum atomic E-state index is 6.26. The standard InChI is InChI=1S/C22H25ClN2O/c1-25(2)14-13-24-15-20-19-9-5-3-7-17(19)11-12-22(20)26-16-18-8-4-6-10-21(18)23/h3-12,24H,13-16H2,1-2H3. The van der Waals surface area contributed by atoms with E-state index in [1.165, 1.54) is 16.3 Å². The number of likely N-dealkylation sites (N-methyl/N-ethyl adjacent to an activating group) is 1. The summed E-state index contributed by atoms with van der Waals surface area (Å²) >= 11 is 6.26. The van der Waals surface area contributed by atoms with Gasteiger partial charge >= 0.3 is 0 Å². The molecule has 0 unspecified atom stereocenters. The van der Waals surface area contributed by atoms with Crippen LogP contribution in [0, 0.1) is 0 Å². The average Bonchev–Trinajstić information content (AvgIpc) is 2.65. The van der Waals surface area contributed by atoms with Crippen molar-refractivity contribution in [2.75, 3.05) is 27.2 Å². The summed E-state index contributed by atoms with van der Waals surface area (Å²) in [4.78, 5) is 2.17. The van der Waals surface area contributed by atoms with Gasteiger partial charge in [0.25, 0.3) is 0 Å². The monoisotopic (exact) mass is 368 g/mol. The van der Waals surface area contributed by atoms with Crippen LogP contribution in [0.1, 0.15) is 11.1 Å². The van der Waals surface area contributed by atoms with Gasteiger partial charge in [-0.25, -0.2) is 0 Å². The molecule has 0 atom stereocenters. The first kappa shape index (κ1) is 18.7. The Balaban J connectivity index is 1.81. The minimum absolute atomic E-state index is 0.461. The Bertz CT molecular complexity index is 864. The molecule has 0 heterocycles. The first-order chi connectivity index (χ1) is 12.6. The van der Waals surface area contributed by atoms with E-state index in [1.54, 1.807) is 0 Å². The van der Waals surface area contributed by atoms with E-state index >= 15 is 0 Å². The van der Waals surface area contributed by atoms with Gasteiger partial charge in [-0.15, -0.1) is 0 Å². The third kappa shape index (κ3) is 4.76. The first-order valence-electron chi connectivity index (χ1n) is 8.87. The zero-order chi connectivity index (χ0) is 18.4. The van der Waals surface area contributed by atoms with Crippen LogP contribution in [0.4, 0.5) is 0 Å². The Morgan fingerprint density at radius 3 is 2.54 bits per heavy atom. The smallest absolute Gasteiger partial charge is 0.124 e. The maximum Gasteiger partial charge on any atom is 0.124 e. The molecule has 136 valence electrons.